The zero-order chi connectivity index (χ0) is 13.1. The average molecular weight is 374 g/mol. The van der Waals surface area contributed by atoms with Crippen molar-refractivity contribution in [3.05, 3.63) is 62.2 Å². The number of hydrogen-bond donors (Lipinski definition) is 1. The van der Waals surface area contributed by atoms with Gasteiger partial charge in [-0.05, 0) is 58.0 Å². The smallest absolute Gasteiger partial charge is 0.137 e. The van der Waals surface area contributed by atoms with Crippen molar-refractivity contribution in [2.24, 2.45) is 5.73 Å². The molecule has 0 bridgehead atoms. The maximum Gasteiger partial charge on any atom is 0.137 e. The van der Waals surface area contributed by atoms with Crippen molar-refractivity contribution in [3.8, 4) is 5.75 Å². The molecule has 2 N–H and O–H groups in total. The van der Waals surface area contributed by atoms with Gasteiger partial charge in [0, 0.05) is 3.57 Å². The molecule has 2 rings (SSSR count). The van der Waals surface area contributed by atoms with E-state index in [1.807, 2.05) is 36.4 Å². The fourth-order valence-corrected chi connectivity index (χ4v) is 2.52. The summed E-state index contributed by atoms with van der Waals surface area (Å²) >= 11 is 8.28. The molecule has 0 fully saturated rings. The minimum absolute atomic E-state index is 0.175. The van der Waals surface area contributed by atoms with Crippen LogP contribution < -0.4 is 10.5 Å². The minimum atomic E-state index is -0.175. The highest BCUT2D eigenvalue weighted by atomic mass is 127. The average Bonchev–Trinajstić information content (AvgIpc) is 2.38. The van der Waals surface area contributed by atoms with Gasteiger partial charge in [-0.25, -0.2) is 0 Å². The van der Waals surface area contributed by atoms with Gasteiger partial charge >= 0.3 is 0 Å². The quantitative estimate of drug-likeness (QED) is 0.825. The largest absolute Gasteiger partial charge is 0.495 e. The van der Waals surface area contributed by atoms with E-state index in [1.165, 1.54) is 3.57 Å². The molecule has 0 aliphatic heterocycles. The molecule has 94 valence electrons. The van der Waals surface area contributed by atoms with Crippen molar-refractivity contribution < 1.29 is 4.74 Å². The summed E-state index contributed by atoms with van der Waals surface area (Å²) in [5.74, 6) is 0.648. The predicted octanol–water partition coefficient (Wildman–Crippen LogP) is 4.00. The van der Waals surface area contributed by atoms with E-state index in [-0.39, 0.29) is 6.04 Å². The Bertz CT molecular complexity index is 559. The van der Waals surface area contributed by atoms with E-state index in [2.05, 4.69) is 28.7 Å². The third-order valence-electron chi connectivity index (χ3n) is 2.74. The van der Waals surface area contributed by atoms with E-state index >= 15 is 0 Å². The first-order chi connectivity index (χ1) is 8.61. The zero-order valence-corrected chi connectivity index (χ0v) is 12.8. The Labute approximate surface area is 125 Å². The van der Waals surface area contributed by atoms with Crippen LogP contribution in [-0.2, 0) is 0 Å². The number of halogens is 2. The van der Waals surface area contributed by atoms with E-state index in [0.29, 0.717) is 10.8 Å². The highest BCUT2D eigenvalue weighted by Gasteiger charge is 2.11. The highest BCUT2D eigenvalue weighted by molar-refractivity contribution is 14.1. The van der Waals surface area contributed by atoms with Crippen LogP contribution in [0, 0.1) is 3.57 Å². The second kappa shape index (κ2) is 5.91. The molecule has 4 heteroatoms. The number of rotatable bonds is 3. The molecule has 2 nitrogen and oxygen atoms in total. The number of nitrogens with two attached hydrogens (primary N) is 1. The first-order valence-electron chi connectivity index (χ1n) is 5.46. The third-order valence-corrected chi connectivity index (χ3v) is 3.73. The predicted molar refractivity (Wildman–Crippen MR) is 83.2 cm³/mol. The van der Waals surface area contributed by atoms with E-state index in [9.17, 15) is 0 Å². The molecule has 0 saturated carbocycles. The Morgan fingerprint density at radius 2 is 1.89 bits per heavy atom. The van der Waals surface area contributed by atoms with Crippen LogP contribution in [0.1, 0.15) is 17.2 Å². The number of ether oxygens (including phenoxy) is 1. The van der Waals surface area contributed by atoms with E-state index in [4.69, 9.17) is 22.1 Å². The lowest BCUT2D eigenvalue weighted by atomic mass is 9.99. The zero-order valence-electron chi connectivity index (χ0n) is 9.86. The highest BCUT2D eigenvalue weighted by Crippen LogP contribution is 2.29. The van der Waals surface area contributed by atoms with Crippen LogP contribution in [0.25, 0.3) is 0 Å². The lowest BCUT2D eigenvalue weighted by molar-refractivity contribution is 0.414. The second-order valence-corrected chi connectivity index (χ2v) is 5.58. The summed E-state index contributed by atoms with van der Waals surface area (Å²) in [6.45, 7) is 0. The Balaban J connectivity index is 2.36. The van der Waals surface area contributed by atoms with Crippen LogP contribution in [-0.4, -0.2) is 7.11 Å². The maximum atomic E-state index is 6.26. The molecule has 2 aromatic rings. The summed E-state index contributed by atoms with van der Waals surface area (Å²) in [6.07, 6.45) is 0. The fourth-order valence-electron chi connectivity index (χ4n) is 1.76. The van der Waals surface area contributed by atoms with Gasteiger partial charge in [-0.3, -0.25) is 0 Å². The van der Waals surface area contributed by atoms with Crippen LogP contribution >= 0.6 is 34.2 Å². The van der Waals surface area contributed by atoms with Crippen molar-refractivity contribution in [3.63, 3.8) is 0 Å². The molecule has 1 atom stereocenters. The molecule has 0 amide bonds. The van der Waals surface area contributed by atoms with Crippen molar-refractivity contribution in [1.82, 2.24) is 0 Å². The molecule has 0 radical (unpaired) electrons. The third kappa shape index (κ3) is 2.96. The summed E-state index contributed by atoms with van der Waals surface area (Å²) in [6, 6.07) is 13.6. The lowest BCUT2D eigenvalue weighted by Crippen LogP contribution is -2.12. The van der Waals surface area contributed by atoms with Crippen molar-refractivity contribution >= 4 is 34.2 Å². The Morgan fingerprint density at radius 1 is 1.17 bits per heavy atom. The van der Waals surface area contributed by atoms with Crippen LogP contribution in [0.5, 0.6) is 5.75 Å². The molecular weight excluding hydrogens is 361 g/mol. The number of methoxy groups -OCH3 is 1. The van der Waals surface area contributed by atoms with Gasteiger partial charge < -0.3 is 10.5 Å². The second-order valence-electron chi connectivity index (χ2n) is 3.93. The Hall–Kier alpha value is -0.780. The van der Waals surface area contributed by atoms with Gasteiger partial charge in [0.25, 0.3) is 0 Å². The van der Waals surface area contributed by atoms with Crippen LogP contribution in [0.15, 0.2) is 42.5 Å². The number of benzene rings is 2. The molecule has 2 aromatic carbocycles. The number of hydrogen-bond acceptors (Lipinski definition) is 2. The molecular formula is C14H13ClINO. The summed E-state index contributed by atoms with van der Waals surface area (Å²) in [5.41, 5.74) is 8.32. The Kier molecular flexibility index (Phi) is 4.48. The summed E-state index contributed by atoms with van der Waals surface area (Å²) in [5, 5.41) is 0.594. The maximum absolute atomic E-state index is 6.26. The summed E-state index contributed by atoms with van der Waals surface area (Å²) in [7, 11) is 1.60. The van der Waals surface area contributed by atoms with Crippen molar-refractivity contribution in [2.75, 3.05) is 7.11 Å². The van der Waals surface area contributed by atoms with Gasteiger partial charge in [-0.15, -0.1) is 0 Å². The lowest BCUT2D eigenvalue weighted by Gasteiger charge is -2.14. The summed E-state index contributed by atoms with van der Waals surface area (Å²) < 4.78 is 6.37. The molecule has 18 heavy (non-hydrogen) atoms. The summed E-state index contributed by atoms with van der Waals surface area (Å²) in [4.78, 5) is 0. The molecule has 0 saturated heterocycles. The topological polar surface area (TPSA) is 35.2 Å². The molecule has 1 unspecified atom stereocenters. The van der Waals surface area contributed by atoms with E-state index in [0.717, 1.165) is 11.1 Å². The van der Waals surface area contributed by atoms with Crippen molar-refractivity contribution in [2.45, 2.75) is 6.04 Å². The van der Waals surface area contributed by atoms with E-state index in [1.54, 1.807) is 7.11 Å². The molecule has 0 aromatic heterocycles. The first kappa shape index (κ1) is 13.6. The van der Waals surface area contributed by atoms with Gasteiger partial charge in [-0.2, -0.15) is 0 Å². The first-order valence-corrected chi connectivity index (χ1v) is 6.92. The SMILES string of the molecule is COc1cc(C(N)c2cccc(I)c2)ccc1Cl. The fraction of sp³-hybridized carbons (Fsp3) is 0.143. The van der Waals surface area contributed by atoms with Gasteiger partial charge in [0.2, 0.25) is 0 Å². The standard InChI is InChI=1S/C14H13ClINO/c1-18-13-8-10(5-6-12(13)15)14(17)9-3-2-4-11(16)7-9/h2-8,14H,17H2,1H3. The van der Waals surface area contributed by atoms with Gasteiger partial charge in [-0.1, -0.05) is 29.8 Å². The monoisotopic (exact) mass is 373 g/mol. The van der Waals surface area contributed by atoms with Crippen LogP contribution in [0.4, 0.5) is 0 Å². The van der Waals surface area contributed by atoms with Crippen LogP contribution in [0.3, 0.4) is 0 Å². The van der Waals surface area contributed by atoms with Crippen molar-refractivity contribution in [1.29, 1.82) is 0 Å². The van der Waals surface area contributed by atoms with Crippen LogP contribution in [0.2, 0.25) is 5.02 Å². The Morgan fingerprint density at radius 3 is 2.56 bits per heavy atom. The minimum Gasteiger partial charge on any atom is -0.495 e. The van der Waals surface area contributed by atoms with E-state index < -0.39 is 0 Å². The molecule has 0 heterocycles. The van der Waals surface area contributed by atoms with Gasteiger partial charge in [0.05, 0.1) is 18.2 Å². The normalized spacial score (nSPS) is 12.2. The molecule has 0 spiro atoms. The van der Waals surface area contributed by atoms with Gasteiger partial charge in [0.1, 0.15) is 5.75 Å². The molecule has 0 aliphatic carbocycles. The molecule has 0 aliphatic rings. The van der Waals surface area contributed by atoms with Gasteiger partial charge in [0.15, 0.2) is 0 Å².